The second-order valence-corrected chi connectivity index (χ2v) is 11.5. The van der Waals surface area contributed by atoms with E-state index in [9.17, 15) is 30.7 Å². The van der Waals surface area contributed by atoms with Crippen LogP contribution in [-0.4, -0.2) is 19.9 Å². The Kier molecular flexibility index (Phi) is 6.41. The van der Waals surface area contributed by atoms with Gasteiger partial charge in [0.1, 0.15) is 0 Å². The lowest BCUT2D eigenvalue weighted by Gasteiger charge is -2.11. The third-order valence-corrected chi connectivity index (χ3v) is 8.25. The summed E-state index contributed by atoms with van der Waals surface area (Å²) in [5.41, 5.74) is -23.2. The Labute approximate surface area is 318 Å². The fourth-order valence-electron chi connectivity index (χ4n) is 5.72. The van der Waals surface area contributed by atoms with Crippen LogP contribution < -0.4 is 0 Å². The van der Waals surface area contributed by atoms with E-state index in [4.69, 9.17) is 12.3 Å². The molecule has 2 aliphatic heterocycles. The van der Waals surface area contributed by atoms with Gasteiger partial charge in [-0.05, 0) is 54.4 Å². The van der Waals surface area contributed by atoms with Gasteiger partial charge < -0.3 is 9.97 Å². The lowest BCUT2D eigenvalue weighted by molar-refractivity contribution is 0.381. The van der Waals surface area contributed by atoms with E-state index in [-0.39, 0.29) is 0 Å². The highest BCUT2D eigenvalue weighted by atomic mass is 19.2. The molecule has 57 heavy (non-hydrogen) atoms. The molecule has 19 heteroatoms. The summed E-state index contributed by atoms with van der Waals surface area (Å²) < 4.78 is 306. The number of aromatic nitrogens is 4. The van der Waals surface area contributed by atoms with Crippen molar-refractivity contribution in [3.63, 3.8) is 0 Å². The van der Waals surface area contributed by atoms with Crippen LogP contribution in [0.25, 0.3) is 79.7 Å². The van der Waals surface area contributed by atoms with Gasteiger partial charge in [0.25, 0.3) is 0 Å². The highest BCUT2D eigenvalue weighted by Gasteiger charge is 2.34. The third kappa shape index (κ3) is 5.50. The number of aromatic amines is 2. The van der Waals surface area contributed by atoms with Crippen LogP contribution >= 0.6 is 0 Å². The molecule has 2 aliphatic rings. The first-order valence-corrected chi connectivity index (χ1v) is 15.0. The van der Waals surface area contributed by atoms with Crippen molar-refractivity contribution in [1.82, 2.24) is 19.9 Å². The summed E-state index contributed by atoms with van der Waals surface area (Å²) in [5, 5.41) is 0. The van der Waals surface area contributed by atoms with Crippen molar-refractivity contribution >= 4 is 46.3 Å². The lowest BCUT2D eigenvalue weighted by Crippen LogP contribution is -2.06. The summed E-state index contributed by atoms with van der Waals surface area (Å²) in [7, 11) is 0. The number of halogens is 15. The second kappa shape index (κ2) is 13.2. The van der Waals surface area contributed by atoms with Gasteiger partial charge in [0, 0.05) is 38.8 Å². The molecule has 0 saturated heterocycles. The molecular weight excluding hydrogens is 799 g/mol. The molecule has 0 saturated carbocycles. The van der Waals surface area contributed by atoms with Gasteiger partial charge in [-0.2, -0.15) is 0 Å². The molecular formula is C38H11F15N4. The zero-order valence-electron chi connectivity index (χ0n) is 35.6. The molecule has 8 rings (SSSR count). The molecule has 0 amide bonds. The standard InChI is InChI=1S/C38H11F15N4/c39-24-21(25(40)31(46)36(51)30(24)45)18-12-3-1-10(54-12)9-11-2-4-13(55-11)19(22-26(41)32(47)37(52)33(48)27(22)42)15-6-8-17(57-15)20(16-7-5-14(18)56-16)23-28(43)34(49)38(53)35(50)29(23)44/h1-9,54-55H/i1D,2D,3D,4D,5D,6D,7D,8D,9D,12+1,13+1. The number of H-pyrrole nitrogens is 2. The minimum absolute atomic E-state index is 1.12. The van der Waals surface area contributed by atoms with Crippen LogP contribution in [0.1, 0.15) is 35.1 Å². The molecule has 3 aromatic heterocycles. The monoisotopic (exact) mass is 819 g/mol. The van der Waals surface area contributed by atoms with E-state index in [2.05, 4.69) is 9.97 Å². The molecule has 2 N–H and O–H groups in total. The Balaban J connectivity index is 1.81. The van der Waals surface area contributed by atoms with Crippen LogP contribution in [0.4, 0.5) is 65.9 Å². The van der Waals surface area contributed by atoms with Gasteiger partial charge in [0.05, 0.1) is 51.8 Å². The van der Waals surface area contributed by atoms with E-state index in [0.29, 0.717) is 0 Å². The molecule has 0 radical (unpaired) electrons. The molecule has 4 nitrogen and oxygen atoms in total. The second-order valence-electron chi connectivity index (χ2n) is 11.5. The van der Waals surface area contributed by atoms with E-state index >= 15 is 35.1 Å². The van der Waals surface area contributed by atoms with Crippen molar-refractivity contribution in [2.45, 2.75) is 0 Å². The first-order chi connectivity index (χ1) is 30.8. The van der Waals surface area contributed by atoms with Crippen LogP contribution in [-0.2, 0) is 0 Å². The molecule has 3 aromatic carbocycles. The Hall–Kier alpha value is -6.79. The predicted octanol–water partition coefficient (Wildman–Crippen LogP) is 11.7. The molecule has 0 aliphatic carbocycles. The van der Waals surface area contributed by atoms with Crippen LogP contribution in [0.2, 0.25) is 0 Å². The molecule has 5 heterocycles. The first-order valence-electron chi connectivity index (χ1n) is 19.5. The largest absolute Gasteiger partial charge is 0.355 e. The van der Waals surface area contributed by atoms with Gasteiger partial charge in [-0.25, -0.2) is 75.8 Å². The summed E-state index contributed by atoms with van der Waals surface area (Å²) in [5.74, 6) is -41.8. The third-order valence-electron chi connectivity index (χ3n) is 8.25. The number of hydrogen-bond acceptors (Lipinski definition) is 2. The smallest absolute Gasteiger partial charge is 0.200 e. The molecule has 8 bridgehead atoms. The van der Waals surface area contributed by atoms with Gasteiger partial charge in [0.15, 0.2) is 69.8 Å². The fraction of sp³-hybridized carbons (Fsp3) is 0. The van der Waals surface area contributed by atoms with E-state index in [0.717, 1.165) is 0 Å². The van der Waals surface area contributed by atoms with Gasteiger partial charge in [0.2, 0.25) is 17.5 Å². The van der Waals surface area contributed by atoms with E-state index in [1.165, 1.54) is 0 Å². The number of nitrogens with zero attached hydrogens (tertiary/aromatic N) is 2. The molecule has 288 valence electrons. The number of nitrogens with one attached hydrogen (secondary N) is 2. The minimum atomic E-state index is -2.89. The molecule has 0 unspecified atom stereocenters. The maximum Gasteiger partial charge on any atom is 0.200 e. The van der Waals surface area contributed by atoms with Crippen LogP contribution in [0.15, 0.2) is 30.2 Å². The Morgan fingerprint density at radius 3 is 0.860 bits per heavy atom. The Bertz CT molecular complexity index is 3270. The van der Waals surface area contributed by atoms with Crippen molar-refractivity contribution in [3.8, 4) is 33.4 Å². The maximum absolute atomic E-state index is 16.0. The summed E-state index contributed by atoms with van der Waals surface area (Å²) in [4.78, 5) is 11.4. The minimum Gasteiger partial charge on any atom is -0.355 e. The molecule has 0 fully saturated rings. The molecule has 0 atom stereocenters. The number of rotatable bonds is 3. The van der Waals surface area contributed by atoms with Crippen LogP contribution in [0.5, 0.6) is 0 Å². The summed E-state index contributed by atoms with van der Waals surface area (Å²) >= 11 is 0. The van der Waals surface area contributed by atoms with Gasteiger partial charge in [-0.15, -0.1) is 0 Å². The highest BCUT2D eigenvalue weighted by molar-refractivity contribution is 5.97. The van der Waals surface area contributed by atoms with Crippen molar-refractivity contribution < 1.29 is 78.2 Å². The van der Waals surface area contributed by atoms with Crippen molar-refractivity contribution in [2.24, 2.45) is 0 Å². The number of hydrogen-bond donors (Lipinski definition) is 2. The molecule has 0 spiro atoms. The highest BCUT2D eigenvalue weighted by Crippen LogP contribution is 2.42. The van der Waals surface area contributed by atoms with E-state index in [1.807, 2.05) is 9.97 Å². The fourth-order valence-corrected chi connectivity index (χ4v) is 5.72. The normalized spacial score (nSPS) is 15.2. The SMILES string of the molecule is [2H]C1=C([2H])c2nc1c(-c1c(F)c(F)c(F)c(F)c1F)c1nc(c(-c3c(F)c(F)c(F)c(F)c3F)[13c]3[nH]c(c([2H])c3[2H])c([2H])c3[nH][13c](c([2H])c3[2H])c2-c2c(F)c(F)c(F)c(F)c2F)C([2H])=C1[2H]. The number of fused-ring (bicyclic) bond motifs is 8. The topological polar surface area (TPSA) is 57.4 Å². The van der Waals surface area contributed by atoms with E-state index < -0.39 is 220 Å². The quantitative estimate of drug-likeness (QED) is 0.106. The zero-order chi connectivity index (χ0) is 48.8. The average molecular weight is 820 g/mol. The Morgan fingerprint density at radius 2 is 0.561 bits per heavy atom. The zero-order valence-corrected chi connectivity index (χ0v) is 26.6. The summed E-state index contributed by atoms with van der Waals surface area (Å²) in [6.07, 6.45) is 0. The van der Waals surface area contributed by atoms with Crippen LogP contribution in [0, 0.1) is 87.3 Å². The molecule has 6 aromatic rings. The lowest BCUT2D eigenvalue weighted by atomic mass is 10.00. The van der Waals surface area contributed by atoms with Crippen LogP contribution in [0.3, 0.4) is 0 Å². The predicted molar refractivity (Wildman–Crippen MR) is 175 cm³/mol. The van der Waals surface area contributed by atoms with Gasteiger partial charge in [-0.1, -0.05) is 0 Å². The first kappa shape index (κ1) is 27.7. The number of benzene rings is 3. The van der Waals surface area contributed by atoms with Gasteiger partial charge >= 0.3 is 0 Å². The maximum atomic E-state index is 16.0. The van der Waals surface area contributed by atoms with Crippen molar-refractivity contribution in [2.75, 3.05) is 0 Å². The summed E-state index contributed by atoms with van der Waals surface area (Å²) in [6.45, 7) is 0. The van der Waals surface area contributed by atoms with Gasteiger partial charge in [-0.3, -0.25) is 0 Å². The van der Waals surface area contributed by atoms with Crippen molar-refractivity contribution in [3.05, 3.63) is 140 Å². The summed E-state index contributed by atoms with van der Waals surface area (Å²) in [6, 6.07) is -13.4. The van der Waals surface area contributed by atoms with E-state index in [1.54, 1.807) is 0 Å². The Morgan fingerprint density at radius 1 is 0.316 bits per heavy atom. The van der Waals surface area contributed by atoms with Crippen molar-refractivity contribution in [1.29, 1.82) is 0 Å². The average Bonchev–Trinajstić information content (AvgIpc) is 3.96.